The average molecular weight is 240 g/mol. The lowest BCUT2D eigenvalue weighted by Crippen LogP contribution is -2.01. The van der Waals surface area contributed by atoms with Crippen LogP contribution in [0.25, 0.3) is 0 Å². The minimum absolute atomic E-state index is 0.654. The van der Waals surface area contributed by atoms with Gasteiger partial charge in [-0.2, -0.15) is 0 Å². The number of nitrogens with one attached hydrogen (secondary N) is 1. The van der Waals surface area contributed by atoms with Gasteiger partial charge < -0.3 is 5.32 Å². The molecule has 2 rings (SSSR count). The van der Waals surface area contributed by atoms with Gasteiger partial charge in [0.1, 0.15) is 0 Å². The summed E-state index contributed by atoms with van der Waals surface area (Å²) in [7, 11) is 0. The molecule has 0 saturated carbocycles. The third kappa shape index (κ3) is 2.46. The maximum atomic E-state index is 6.07. The van der Waals surface area contributed by atoms with E-state index >= 15 is 0 Å². The van der Waals surface area contributed by atoms with Crippen LogP contribution in [0.5, 0.6) is 0 Å². The van der Waals surface area contributed by atoms with Gasteiger partial charge in [-0.15, -0.1) is 5.10 Å². The normalized spacial score (nSPS) is 10.3. The lowest BCUT2D eigenvalue weighted by atomic mass is 10.2. The molecule has 2 aromatic rings. The Kier molecular flexibility index (Phi) is 3.18. The van der Waals surface area contributed by atoms with Crippen LogP contribution in [0.3, 0.4) is 0 Å². The van der Waals surface area contributed by atoms with Crippen molar-refractivity contribution < 1.29 is 0 Å². The number of anilines is 1. The number of benzene rings is 1. The Bertz CT molecular complexity index is 422. The molecule has 1 N–H and O–H groups in total. The fourth-order valence-corrected chi connectivity index (χ4v) is 2.04. The van der Waals surface area contributed by atoms with Crippen molar-refractivity contribution in [1.82, 2.24) is 9.59 Å². The number of hydrogen-bond acceptors (Lipinski definition) is 4. The summed E-state index contributed by atoms with van der Waals surface area (Å²) in [6.45, 7) is 2.68. The second-order valence-electron chi connectivity index (χ2n) is 3.18. The number of halogens is 1. The fraction of sp³-hybridized carbons (Fsp3) is 0.200. The van der Waals surface area contributed by atoms with E-state index in [0.717, 1.165) is 22.0 Å². The van der Waals surface area contributed by atoms with Gasteiger partial charge in [0.15, 0.2) is 0 Å². The molecule has 0 atom stereocenters. The largest absolute Gasteiger partial charge is 0.378 e. The second-order valence-corrected chi connectivity index (χ2v) is 4.20. The Hall–Kier alpha value is -1.13. The third-order valence-electron chi connectivity index (χ3n) is 2.07. The van der Waals surface area contributed by atoms with Gasteiger partial charge in [0, 0.05) is 5.38 Å². The first kappa shape index (κ1) is 10.4. The van der Waals surface area contributed by atoms with Crippen molar-refractivity contribution in [2.75, 3.05) is 5.32 Å². The first-order valence-corrected chi connectivity index (χ1v) is 5.74. The van der Waals surface area contributed by atoms with Crippen LogP contribution < -0.4 is 5.32 Å². The van der Waals surface area contributed by atoms with Crippen molar-refractivity contribution in [2.45, 2.75) is 13.5 Å². The highest BCUT2D eigenvalue weighted by molar-refractivity contribution is 7.03. The summed E-state index contributed by atoms with van der Waals surface area (Å²) < 4.78 is 3.80. The summed E-state index contributed by atoms with van der Waals surface area (Å²) in [6, 6.07) is 5.83. The summed E-state index contributed by atoms with van der Waals surface area (Å²) in [5.41, 5.74) is 3.03. The van der Waals surface area contributed by atoms with Crippen LogP contribution in [0.2, 0.25) is 5.02 Å². The van der Waals surface area contributed by atoms with E-state index in [9.17, 15) is 0 Å². The summed E-state index contributed by atoms with van der Waals surface area (Å²) in [5.74, 6) is 0. The van der Waals surface area contributed by atoms with Crippen molar-refractivity contribution in [3.05, 3.63) is 39.9 Å². The van der Waals surface area contributed by atoms with Crippen molar-refractivity contribution in [3.8, 4) is 0 Å². The van der Waals surface area contributed by atoms with Crippen LogP contribution in [0, 0.1) is 6.92 Å². The minimum atomic E-state index is 0.654. The van der Waals surface area contributed by atoms with Gasteiger partial charge in [-0.3, -0.25) is 0 Å². The SMILES string of the molecule is Cc1cccc(Cl)c1NCc1csnn1. The Morgan fingerprint density at radius 1 is 1.47 bits per heavy atom. The van der Waals surface area contributed by atoms with E-state index in [-0.39, 0.29) is 0 Å². The molecular formula is C10H10ClN3S. The van der Waals surface area contributed by atoms with Crippen molar-refractivity contribution in [3.63, 3.8) is 0 Å². The first-order valence-electron chi connectivity index (χ1n) is 4.52. The summed E-state index contributed by atoms with van der Waals surface area (Å²) in [5, 5.41) is 9.86. The van der Waals surface area contributed by atoms with Gasteiger partial charge in [0.05, 0.1) is 22.9 Å². The quantitative estimate of drug-likeness (QED) is 0.895. The molecule has 15 heavy (non-hydrogen) atoms. The summed E-state index contributed by atoms with van der Waals surface area (Å²) in [6.07, 6.45) is 0. The molecule has 0 unspecified atom stereocenters. The highest BCUT2D eigenvalue weighted by atomic mass is 35.5. The molecule has 1 aromatic carbocycles. The molecule has 78 valence electrons. The highest BCUT2D eigenvalue weighted by Crippen LogP contribution is 2.25. The number of para-hydroxylation sites is 1. The molecule has 1 aromatic heterocycles. The average Bonchev–Trinajstić information content (AvgIpc) is 2.70. The number of nitrogens with zero attached hydrogens (tertiary/aromatic N) is 2. The van der Waals surface area contributed by atoms with Gasteiger partial charge in [0.2, 0.25) is 0 Å². The van der Waals surface area contributed by atoms with Crippen LogP contribution in [-0.2, 0) is 6.54 Å². The standard InChI is InChI=1S/C10H10ClN3S/c1-7-3-2-4-9(11)10(7)12-5-8-6-15-14-13-8/h2-4,6,12H,5H2,1H3. The van der Waals surface area contributed by atoms with Crippen molar-refractivity contribution in [2.24, 2.45) is 0 Å². The third-order valence-corrected chi connectivity index (χ3v) is 2.94. The number of rotatable bonds is 3. The Balaban J connectivity index is 2.11. The molecule has 0 aliphatic heterocycles. The molecule has 0 aliphatic rings. The van der Waals surface area contributed by atoms with Gasteiger partial charge in [0.25, 0.3) is 0 Å². The van der Waals surface area contributed by atoms with Gasteiger partial charge in [-0.05, 0) is 30.1 Å². The Morgan fingerprint density at radius 3 is 3.00 bits per heavy atom. The van der Waals surface area contributed by atoms with Crippen LogP contribution in [0.1, 0.15) is 11.3 Å². The molecule has 0 fully saturated rings. The molecule has 0 bridgehead atoms. The van der Waals surface area contributed by atoms with E-state index in [2.05, 4.69) is 14.9 Å². The zero-order chi connectivity index (χ0) is 10.7. The highest BCUT2D eigenvalue weighted by Gasteiger charge is 2.03. The number of aromatic nitrogens is 2. The second kappa shape index (κ2) is 4.59. The Labute approximate surface area is 97.3 Å². The van der Waals surface area contributed by atoms with Crippen LogP contribution in [0.15, 0.2) is 23.6 Å². The van der Waals surface area contributed by atoms with E-state index in [1.807, 2.05) is 30.5 Å². The van der Waals surface area contributed by atoms with Crippen molar-refractivity contribution >= 4 is 28.8 Å². The van der Waals surface area contributed by atoms with Crippen LogP contribution in [0.4, 0.5) is 5.69 Å². The number of hydrogen-bond donors (Lipinski definition) is 1. The molecule has 5 heteroatoms. The van der Waals surface area contributed by atoms with E-state index < -0.39 is 0 Å². The van der Waals surface area contributed by atoms with Crippen molar-refractivity contribution in [1.29, 1.82) is 0 Å². The van der Waals surface area contributed by atoms with E-state index in [4.69, 9.17) is 11.6 Å². The van der Waals surface area contributed by atoms with Gasteiger partial charge in [-0.1, -0.05) is 28.2 Å². The maximum Gasteiger partial charge on any atom is 0.0946 e. The smallest absolute Gasteiger partial charge is 0.0946 e. The molecule has 0 aliphatic carbocycles. The van der Waals surface area contributed by atoms with E-state index in [1.165, 1.54) is 11.5 Å². The molecule has 3 nitrogen and oxygen atoms in total. The molecule has 1 heterocycles. The predicted molar refractivity (Wildman–Crippen MR) is 63.4 cm³/mol. The lowest BCUT2D eigenvalue weighted by Gasteiger charge is -2.09. The molecular weight excluding hydrogens is 230 g/mol. The monoisotopic (exact) mass is 239 g/mol. The first-order chi connectivity index (χ1) is 7.27. The topological polar surface area (TPSA) is 37.8 Å². The zero-order valence-corrected chi connectivity index (χ0v) is 9.77. The zero-order valence-electron chi connectivity index (χ0n) is 8.20. The van der Waals surface area contributed by atoms with E-state index in [0.29, 0.717) is 6.54 Å². The van der Waals surface area contributed by atoms with Gasteiger partial charge >= 0.3 is 0 Å². The van der Waals surface area contributed by atoms with Crippen LogP contribution in [-0.4, -0.2) is 9.59 Å². The summed E-state index contributed by atoms with van der Waals surface area (Å²) in [4.78, 5) is 0. The molecule has 0 amide bonds. The fourth-order valence-electron chi connectivity index (χ4n) is 1.30. The number of aryl methyl sites for hydroxylation is 1. The maximum absolute atomic E-state index is 6.07. The predicted octanol–water partition coefficient (Wildman–Crippen LogP) is 3.11. The molecule has 0 saturated heterocycles. The summed E-state index contributed by atoms with van der Waals surface area (Å²) >= 11 is 7.42. The van der Waals surface area contributed by atoms with E-state index in [1.54, 1.807) is 0 Å². The molecule has 0 spiro atoms. The van der Waals surface area contributed by atoms with Crippen LogP contribution >= 0.6 is 23.1 Å². The van der Waals surface area contributed by atoms with Gasteiger partial charge in [-0.25, -0.2) is 0 Å². The Morgan fingerprint density at radius 2 is 2.33 bits per heavy atom. The molecule has 0 radical (unpaired) electrons. The minimum Gasteiger partial charge on any atom is -0.378 e. The lowest BCUT2D eigenvalue weighted by molar-refractivity contribution is 0.997.